The van der Waals surface area contributed by atoms with Gasteiger partial charge >= 0.3 is 18.4 Å². The van der Waals surface area contributed by atoms with Gasteiger partial charge in [-0.25, -0.2) is 5.43 Å². The van der Waals surface area contributed by atoms with Gasteiger partial charge in [0, 0.05) is 23.1 Å². The third-order valence-electron chi connectivity index (χ3n) is 5.12. The van der Waals surface area contributed by atoms with Crippen molar-refractivity contribution in [3.8, 4) is 11.8 Å². The Kier molecular flexibility index (Phi) is 11.9. The second-order valence-corrected chi connectivity index (χ2v) is 9.21. The number of aromatic hydroxyl groups is 1. The number of aromatic nitrogens is 3. The highest BCUT2D eigenvalue weighted by atomic mass is 79.9. The Hall–Kier alpha value is -2.84. The summed E-state index contributed by atoms with van der Waals surface area (Å²) >= 11 is 3.24. The first-order valence-electron chi connectivity index (χ1n) is 11.9. The van der Waals surface area contributed by atoms with Crippen molar-refractivity contribution in [2.24, 2.45) is 5.10 Å². The first kappa shape index (κ1) is 31.4. The van der Waals surface area contributed by atoms with Crippen LogP contribution in [0.3, 0.4) is 0 Å². The quantitative estimate of drug-likeness (QED) is 0.104. The molecule has 8 nitrogen and oxygen atoms in total. The predicted octanol–water partition coefficient (Wildman–Crippen LogP) is 6.84. The van der Waals surface area contributed by atoms with Crippen molar-refractivity contribution in [3.05, 3.63) is 28.2 Å². The summed E-state index contributed by atoms with van der Waals surface area (Å²) < 4.78 is 83.7. The minimum absolute atomic E-state index is 0.115. The normalized spacial score (nSPS) is 12.4. The molecule has 0 unspecified atom stereocenters. The van der Waals surface area contributed by atoms with Crippen molar-refractivity contribution >= 4 is 34.0 Å². The van der Waals surface area contributed by atoms with E-state index in [9.17, 15) is 31.4 Å². The highest BCUT2D eigenvalue weighted by Gasteiger charge is 2.59. The lowest BCUT2D eigenvalue weighted by molar-refractivity contribution is -0.301. The van der Waals surface area contributed by atoms with Crippen molar-refractivity contribution in [3.63, 3.8) is 0 Å². The molecule has 0 amide bonds. The Morgan fingerprint density at radius 3 is 2.16 bits per heavy atom. The largest absolute Gasteiger partial charge is 0.507 e. The molecule has 0 bridgehead atoms. The molecule has 0 aliphatic rings. The maximum atomic E-state index is 13.1. The van der Waals surface area contributed by atoms with Gasteiger partial charge in [-0.1, -0.05) is 55.5 Å². The van der Waals surface area contributed by atoms with Crippen LogP contribution in [-0.2, 0) is 0 Å². The summed E-state index contributed by atoms with van der Waals surface area (Å²) in [5.41, 5.74) is 2.64. The van der Waals surface area contributed by atoms with Gasteiger partial charge in [0.2, 0.25) is 5.95 Å². The van der Waals surface area contributed by atoms with Crippen molar-refractivity contribution in [1.82, 2.24) is 15.0 Å². The molecule has 2 rings (SSSR count). The highest BCUT2D eigenvalue weighted by molar-refractivity contribution is 9.10. The minimum Gasteiger partial charge on any atom is -0.507 e. The number of anilines is 2. The molecule has 0 fully saturated rings. The zero-order valence-electron chi connectivity index (χ0n) is 20.8. The second kappa shape index (κ2) is 14.4. The van der Waals surface area contributed by atoms with Crippen LogP contribution >= 0.6 is 15.9 Å². The fourth-order valence-corrected chi connectivity index (χ4v) is 3.60. The van der Waals surface area contributed by atoms with E-state index in [1.165, 1.54) is 18.3 Å². The molecule has 15 heteroatoms. The Labute approximate surface area is 224 Å². The number of nitrogens with one attached hydrogen (secondary N) is 1. The number of ether oxygens (including phenoxy) is 1. The number of unbranched alkanes of at least 4 members (excludes halogenated alkanes) is 4. The second-order valence-electron chi connectivity index (χ2n) is 8.30. The number of benzene rings is 1. The Balaban J connectivity index is 2.45. The van der Waals surface area contributed by atoms with Crippen LogP contribution in [0.2, 0.25) is 0 Å². The van der Waals surface area contributed by atoms with Gasteiger partial charge in [-0.05, 0) is 31.0 Å². The summed E-state index contributed by atoms with van der Waals surface area (Å²) in [5.74, 6) is -0.696. The van der Waals surface area contributed by atoms with E-state index in [4.69, 9.17) is 0 Å². The van der Waals surface area contributed by atoms with E-state index in [0.717, 1.165) is 25.7 Å². The topological polar surface area (TPSA) is 95.8 Å². The smallest absolute Gasteiger partial charge is 0.434 e. The SMILES string of the molecule is CCCCCN(CCCCC)c1nc(NN=Cc2cc(Br)ccc2O)nc(OC(C(F)(F)F)C(F)(F)F)n1. The van der Waals surface area contributed by atoms with Crippen molar-refractivity contribution in [1.29, 1.82) is 0 Å². The number of alkyl halides is 6. The molecule has 0 aliphatic heterocycles. The highest BCUT2D eigenvalue weighted by Crippen LogP contribution is 2.36. The summed E-state index contributed by atoms with van der Waals surface area (Å²) in [7, 11) is 0. The van der Waals surface area contributed by atoms with Gasteiger partial charge in [-0.2, -0.15) is 46.4 Å². The number of nitrogens with zero attached hydrogens (tertiary/aromatic N) is 5. The molecular weight excluding hydrogens is 586 g/mol. The molecule has 2 aromatic rings. The van der Waals surface area contributed by atoms with E-state index in [-0.39, 0.29) is 17.3 Å². The number of hydrogen-bond donors (Lipinski definition) is 2. The maximum absolute atomic E-state index is 13.1. The van der Waals surface area contributed by atoms with Crippen LogP contribution in [0.25, 0.3) is 0 Å². The monoisotopic (exact) mass is 614 g/mol. The summed E-state index contributed by atoms with van der Waals surface area (Å²) in [5, 5.41) is 13.8. The lowest BCUT2D eigenvalue weighted by Gasteiger charge is -2.25. The lowest BCUT2D eigenvalue weighted by Crippen LogP contribution is -2.47. The first-order valence-corrected chi connectivity index (χ1v) is 12.7. The fraction of sp³-hybridized carbons (Fsp3) is 0.565. The summed E-state index contributed by atoms with van der Waals surface area (Å²) in [4.78, 5) is 13.2. The van der Waals surface area contributed by atoms with Crippen molar-refractivity contribution in [2.75, 3.05) is 23.4 Å². The van der Waals surface area contributed by atoms with Gasteiger partial charge in [0.1, 0.15) is 5.75 Å². The molecule has 1 heterocycles. The van der Waals surface area contributed by atoms with Crippen LogP contribution in [0.5, 0.6) is 11.8 Å². The van der Waals surface area contributed by atoms with E-state index in [2.05, 4.69) is 46.1 Å². The minimum atomic E-state index is -5.75. The van der Waals surface area contributed by atoms with E-state index in [0.29, 0.717) is 30.4 Å². The number of hydrazone groups is 1. The van der Waals surface area contributed by atoms with Gasteiger partial charge in [-0.15, -0.1) is 0 Å². The molecule has 38 heavy (non-hydrogen) atoms. The van der Waals surface area contributed by atoms with Crippen LogP contribution in [0, 0.1) is 0 Å². The molecular formula is C23H29BrF6N6O2. The number of hydrogen-bond acceptors (Lipinski definition) is 8. The van der Waals surface area contributed by atoms with E-state index >= 15 is 0 Å². The van der Waals surface area contributed by atoms with Gasteiger partial charge in [0.05, 0.1) is 6.21 Å². The number of phenols is 1. The van der Waals surface area contributed by atoms with Gasteiger partial charge in [0.25, 0.3) is 12.1 Å². The van der Waals surface area contributed by atoms with Crippen LogP contribution < -0.4 is 15.1 Å². The van der Waals surface area contributed by atoms with E-state index in [1.54, 1.807) is 11.0 Å². The average molecular weight is 615 g/mol. The van der Waals surface area contributed by atoms with E-state index < -0.39 is 30.4 Å². The van der Waals surface area contributed by atoms with Crippen LogP contribution in [0.1, 0.15) is 57.9 Å². The Bertz CT molecular complexity index is 1030. The molecule has 0 aliphatic carbocycles. The molecule has 0 saturated carbocycles. The average Bonchev–Trinajstić information content (AvgIpc) is 2.82. The van der Waals surface area contributed by atoms with Crippen LogP contribution in [0.15, 0.2) is 27.8 Å². The Morgan fingerprint density at radius 1 is 1.00 bits per heavy atom. The summed E-state index contributed by atoms with van der Waals surface area (Å²) in [6.45, 7) is 4.84. The van der Waals surface area contributed by atoms with Gasteiger partial charge in [0.15, 0.2) is 0 Å². The number of rotatable bonds is 14. The lowest BCUT2D eigenvalue weighted by atomic mass is 10.2. The molecule has 0 spiro atoms. The fourth-order valence-electron chi connectivity index (χ4n) is 3.22. The molecule has 0 atom stereocenters. The van der Waals surface area contributed by atoms with Crippen LogP contribution in [-0.4, -0.2) is 57.8 Å². The van der Waals surface area contributed by atoms with Gasteiger partial charge in [-0.3, -0.25) is 0 Å². The third-order valence-corrected chi connectivity index (χ3v) is 5.62. The molecule has 0 radical (unpaired) electrons. The maximum Gasteiger partial charge on any atom is 0.434 e. The summed E-state index contributed by atoms with van der Waals surface area (Å²) in [6.07, 6.45) is -9.53. The zero-order chi connectivity index (χ0) is 28.3. The van der Waals surface area contributed by atoms with E-state index in [1.807, 2.05) is 13.8 Å². The van der Waals surface area contributed by atoms with Gasteiger partial charge < -0.3 is 14.7 Å². The number of halogens is 7. The summed E-state index contributed by atoms with van der Waals surface area (Å²) in [6, 6.07) is 3.37. The third kappa shape index (κ3) is 10.1. The zero-order valence-corrected chi connectivity index (χ0v) is 22.4. The standard InChI is InChI=1S/C23H29BrF6N6O2/c1-3-5-7-11-36(12-8-6-4-2)20-32-19(35-31-14-15-13-16(24)9-10-17(15)37)33-21(34-20)38-18(22(25,26)27)23(28,29)30/h9-10,13-14,18,37H,3-8,11-12H2,1-2H3,(H,32,33,34,35). The van der Waals surface area contributed by atoms with Crippen molar-refractivity contribution in [2.45, 2.75) is 70.8 Å². The predicted molar refractivity (Wildman–Crippen MR) is 135 cm³/mol. The molecule has 2 N–H and O–H groups in total. The number of phenolic OH excluding ortho intramolecular Hbond substituents is 1. The van der Waals surface area contributed by atoms with Crippen molar-refractivity contribution < 1.29 is 36.2 Å². The molecule has 1 aromatic carbocycles. The van der Waals surface area contributed by atoms with Crippen LogP contribution in [0.4, 0.5) is 38.2 Å². The molecule has 0 saturated heterocycles. The molecule has 1 aromatic heterocycles. The molecule has 212 valence electrons. The Morgan fingerprint density at radius 2 is 1.61 bits per heavy atom. The first-order chi connectivity index (χ1) is 17.8.